The van der Waals surface area contributed by atoms with Crippen molar-refractivity contribution in [1.82, 2.24) is 30.3 Å². The van der Waals surface area contributed by atoms with Gasteiger partial charge in [-0.25, -0.2) is 4.99 Å². The molecule has 28 heavy (non-hydrogen) atoms. The molecule has 3 fully saturated rings. The van der Waals surface area contributed by atoms with Gasteiger partial charge in [-0.05, 0) is 46.0 Å². The van der Waals surface area contributed by atoms with Gasteiger partial charge < -0.3 is 15.2 Å². The van der Waals surface area contributed by atoms with E-state index in [-0.39, 0.29) is 24.0 Å². The third-order valence-electron chi connectivity index (χ3n) is 6.49. The molecule has 2 heterocycles. The van der Waals surface area contributed by atoms with Crippen LogP contribution in [0.25, 0.3) is 0 Å². The predicted octanol–water partition coefficient (Wildman–Crippen LogP) is 2.73. The number of aliphatic imine (C=N–C) groups is 1. The Balaban J connectivity index is 0.00000225. The Hall–Kier alpha value is -0.900. The summed E-state index contributed by atoms with van der Waals surface area (Å²) < 4.78 is 2.02. The first kappa shape index (κ1) is 21.8. The second kappa shape index (κ2) is 9.73. The number of hydrogen-bond acceptors (Lipinski definition) is 4. The number of aryl methyl sites for hydroxylation is 1. The lowest BCUT2D eigenvalue weighted by atomic mass is 9.96. The fourth-order valence-corrected chi connectivity index (χ4v) is 4.58. The lowest BCUT2D eigenvalue weighted by molar-refractivity contribution is 0.256. The Morgan fingerprint density at radius 1 is 1.07 bits per heavy atom. The van der Waals surface area contributed by atoms with E-state index in [0.29, 0.717) is 24.7 Å². The molecule has 2 aliphatic carbocycles. The molecule has 8 heteroatoms. The van der Waals surface area contributed by atoms with Crippen LogP contribution in [-0.4, -0.2) is 56.3 Å². The van der Waals surface area contributed by atoms with Crippen molar-refractivity contribution in [3.63, 3.8) is 0 Å². The highest BCUT2D eigenvalue weighted by molar-refractivity contribution is 14.0. The first-order chi connectivity index (χ1) is 13.1. The number of rotatable bonds is 5. The van der Waals surface area contributed by atoms with Crippen molar-refractivity contribution in [2.45, 2.75) is 95.9 Å². The third kappa shape index (κ3) is 5.37. The fraction of sp³-hybridized carbons (Fsp3) is 0.850. The Labute approximate surface area is 186 Å². The molecule has 2 N–H and O–H groups in total. The van der Waals surface area contributed by atoms with Crippen molar-refractivity contribution >= 4 is 29.9 Å². The smallest absolute Gasteiger partial charge is 0.192 e. The van der Waals surface area contributed by atoms with Crippen LogP contribution in [-0.2, 0) is 13.6 Å². The van der Waals surface area contributed by atoms with Gasteiger partial charge in [0.2, 0.25) is 0 Å². The van der Waals surface area contributed by atoms with Gasteiger partial charge in [0.05, 0.1) is 0 Å². The molecule has 0 amide bonds. The molecule has 1 saturated heterocycles. The topological polar surface area (TPSA) is 70.4 Å². The Morgan fingerprint density at radius 3 is 2.43 bits per heavy atom. The maximum atomic E-state index is 4.89. The Morgan fingerprint density at radius 2 is 1.79 bits per heavy atom. The Kier molecular flexibility index (Phi) is 7.58. The van der Waals surface area contributed by atoms with Gasteiger partial charge in [0.1, 0.15) is 12.4 Å². The zero-order valence-electron chi connectivity index (χ0n) is 17.5. The van der Waals surface area contributed by atoms with E-state index < -0.39 is 0 Å². The maximum Gasteiger partial charge on any atom is 0.192 e. The van der Waals surface area contributed by atoms with Gasteiger partial charge in [-0.1, -0.05) is 19.3 Å². The van der Waals surface area contributed by atoms with Gasteiger partial charge in [0.25, 0.3) is 0 Å². The standard InChI is InChI=1S/C20H35N7.HI/c1-14-11-17(13-27(14)18-9-10-18)23-20(22-16-7-5-4-6-8-16)21-12-19-25-24-15(2)26(19)3;/h14,16-18H,4-13H2,1-3H3,(H2,21,22,23);1H. The summed E-state index contributed by atoms with van der Waals surface area (Å²) in [5.41, 5.74) is 0. The Bertz CT molecular complexity index is 664. The van der Waals surface area contributed by atoms with E-state index in [1.165, 1.54) is 51.4 Å². The minimum Gasteiger partial charge on any atom is -0.354 e. The van der Waals surface area contributed by atoms with E-state index in [0.717, 1.165) is 30.2 Å². The van der Waals surface area contributed by atoms with E-state index in [1.807, 2.05) is 18.5 Å². The summed E-state index contributed by atoms with van der Waals surface area (Å²) in [6.45, 7) is 6.05. The first-order valence-electron chi connectivity index (χ1n) is 10.8. The number of aromatic nitrogens is 3. The number of hydrogen-bond donors (Lipinski definition) is 2. The number of nitrogens with zero attached hydrogens (tertiary/aromatic N) is 5. The molecule has 158 valence electrons. The fourth-order valence-electron chi connectivity index (χ4n) is 4.58. The van der Waals surface area contributed by atoms with Crippen LogP contribution in [0, 0.1) is 6.92 Å². The molecule has 4 rings (SSSR count). The summed E-state index contributed by atoms with van der Waals surface area (Å²) in [5, 5.41) is 15.9. The van der Waals surface area contributed by atoms with Crippen LogP contribution < -0.4 is 10.6 Å². The van der Waals surface area contributed by atoms with E-state index in [4.69, 9.17) is 4.99 Å². The molecule has 1 aromatic rings. The number of guanidine groups is 1. The molecule has 3 aliphatic rings. The highest BCUT2D eigenvalue weighted by atomic mass is 127. The zero-order valence-corrected chi connectivity index (χ0v) is 19.9. The van der Waals surface area contributed by atoms with Crippen molar-refractivity contribution in [3.8, 4) is 0 Å². The highest BCUT2D eigenvalue weighted by Crippen LogP contribution is 2.33. The SMILES string of the molecule is Cc1nnc(CN=C(NC2CCCCC2)NC2CC(C)N(C3CC3)C2)n1C.I. The van der Waals surface area contributed by atoms with Gasteiger partial charge in [0, 0.05) is 37.8 Å². The van der Waals surface area contributed by atoms with Crippen molar-refractivity contribution in [2.75, 3.05) is 6.54 Å². The molecule has 0 bridgehead atoms. The van der Waals surface area contributed by atoms with E-state index >= 15 is 0 Å². The van der Waals surface area contributed by atoms with Crippen molar-refractivity contribution in [3.05, 3.63) is 11.6 Å². The average Bonchev–Trinajstić information content (AvgIpc) is 3.37. The van der Waals surface area contributed by atoms with Crippen LogP contribution in [0.5, 0.6) is 0 Å². The van der Waals surface area contributed by atoms with E-state index in [1.54, 1.807) is 0 Å². The maximum absolute atomic E-state index is 4.89. The molecule has 2 unspecified atom stereocenters. The van der Waals surface area contributed by atoms with Gasteiger partial charge in [-0.3, -0.25) is 4.90 Å². The van der Waals surface area contributed by atoms with Crippen LogP contribution in [0.15, 0.2) is 4.99 Å². The molecule has 1 aliphatic heterocycles. The summed E-state index contributed by atoms with van der Waals surface area (Å²) in [5.74, 6) is 2.80. The molecule has 0 radical (unpaired) electrons. The van der Waals surface area contributed by atoms with Crippen molar-refractivity contribution in [2.24, 2.45) is 12.0 Å². The molecular weight excluding hydrogens is 465 g/mol. The van der Waals surface area contributed by atoms with E-state index in [9.17, 15) is 0 Å². The van der Waals surface area contributed by atoms with Crippen molar-refractivity contribution < 1.29 is 0 Å². The van der Waals surface area contributed by atoms with E-state index in [2.05, 4.69) is 32.7 Å². The average molecular weight is 501 g/mol. The molecular formula is C20H36IN7. The summed E-state index contributed by atoms with van der Waals surface area (Å²) in [6.07, 6.45) is 10.5. The number of likely N-dealkylation sites (tertiary alicyclic amines) is 1. The van der Waals surface area contributed by atoms with Crippen molar-refractivity contribution in [1.29, 1.82) is 0 Å². The summed E-state index contributed by atoms with van der Waals surface area (Å²) in [6, 6.07) is 2.54. The number of halogens is 1. The van der Waals surface area contributed by atoms with Crippen LogP contribution in [0.2, 0.25) is 0 Å². The molecule has 2 atom stereocenters. The minimum absolute atomic E-state index is 0. The molecule has 2 saturated carbocycles. The largest absolute Gasteiger partial charge is 0.354 e. The van der Waals surface area contributed by atoms with Crippen LogP contribution in [0.4, 0.5) is 0 Å². The third-order valence-corrected chi connectivity index (χ3v) is 6.49. The van der Waals surface area contributed by atoms with Gasteiger partial charge in [-0.2, -0.15) is 0 Å². The number of nitrogens with one attached hydrogen (secondary N) is 2. The molecule has 0 spiro atoms. The summed E-state index contributed by atoms with van der Waals surface area (Å²) in [4.78, 5) is 7.57. The van der Waals surface area contributed by atoms with Crippen LogP contribution >= 0.6 is 24.0 Å². The summed E-state index contributed by atoms with van der Waals surface area (Å²) >= 11 is 0. The van der Waals surface area contributed by atoms with Crippen LogP contribution in [0.1, 0.15) is 69.9 Å². The van der Waals surface area contributed by atoms with Gasteiger partial charge in [-0.15, -0.1) is 34.2 Å². The summed E-state index contributed by atoms with van der Waals surface area (Å²) in [7, 11) is 2.01. The molecule has 1 aromatic heterocycles. The monoisotopic (exact) mass is 501 g/mol. The zero-order chi connectivity index (χ0) is 18.8. The molecule has 7 nitrogen and oxygen atoms in total. The second-order valence-corrected chi connectivity index (χ2v) is 8.72. The second-order valence-electron chi connectivity index (χ2n) is 8.72. The minimum atomic E-state index is 0. The first-order valence-corrected chi connectivity index (χ1v) is 10.8. The lowest BCUT2D eigenvalue weighted by Crippen LogP contribution is -2.48. The quantitative estimate of drug-likeness (QED) is 0.369. The predicted molar refractivity (Wildman–Crippen MR) is 123 cm³/mol. The van der Waals surface area contributed by atoms with Gasteiger partial charge in [0.15, 0.2) is 11.8 Å². The normalized spacial score (nSPS) is 26.9. The highest BCUT2D eigenvalue weighted by Gasteiger charge is 2.39. The molecule has 0 aromatic carbocycles. The lowest BCUT2D eigenvalue weighted by Gasteiger charge is -2.26. The van der Waals surface area contributed by atoms with Crippen LogP contribution in [0.3, 0.4) is 0 Å². The van der Waals surface area contributed by atoms with Gasteiger partial charge >= 0.3 is 0 Å².